The van der Waals surface area contributed by atoms with Crippen LogP contribution in [0.5, 0.6) is 0 Å². The summed E-state index contributed by atoms with van der Waals surface area (Å²) in [7, 11) is -3.56. The summed E-state index contributed by atoms with van der Waals surface area (Å²) in [5.74, 6) is -0.695. The maximum Gasteiger partial charge on any atom is 0.328 e. The van der Waals surface area contributed by atoms with Crippen LogP contribution in [-0.2, 0) is 14.8 Å². The number of hydrogen-bond donors (Lipinski definition) is 2. The molecule has 0 radical (unpaired) electrons. The first-order chi connectivity index (χ1) is 9.71. The van der Waals surface area contributed by atoms with Crippen molar-refractivity contribution in [2.45, 2.75) is 25.2 Å². The summed E-state index contributed by atoms with van der Waals surface area (Å²) in [6.45, 7) is 4.66. The zero-order valence-corrected chi connectivity index (χ0v) is 12.9. The SMILES string of the molecule is CC1(C)CC1CNS(=O)(=O)c1cccc(/C=C/C(=O)O)c1. The lowest BCUT2D eigenvalue weighted by Crippen LogP contribution is -2.26. The molecule has 1 aromatic rings. The van der Waals surface area contributed by atoms with Crippen LogP contribution < -0.4 is 4.72 Å². The van der Waals surface area contributed by atoms with Gasteiger partial charge in [-0.15, -0.1) is 0 Å². The van der Waals surface area contributed by atoms with E-state index in [2.05, 4.69) is 18.6 Å². The second kappa shape index (κ2) is 5.61. The van der Waals surface area contributed by atoms with Crippen LogP contribution in [-0.4, -0.2) is 26.0 Å². The molecule has 1 unspecified atom stereocenters. The molecule has 0 aromatic heterocycles. The highest BCUT2D eigenvalue weighted by atomic mass is 32.2. The Morgan fingerprint density at radius 3 is 2.71 bits per heavy atom. The molecule has 0 heterocycles. The fourth-order valence-corrected chi connectivity index (χ4v) is 3.31. The number of aliphatic carboxylic acids is 1. The van der Waals surface area contributed by atoms with E-state index in [0.29, 0.717) is 18.0 Å². The van der Waals surface area contributed by atoms with Gasteiger partial charge in [0.2, 0.25) is 10.0 Å². The summed E-state index contributed by atoms with van der Waals surface area (Å²) in [6.07, 6.45) is 3.37. The third-order valence-electron chi connectivity index (χ3n) is 3.82. The van der Waals surface area contributed by atoms with E-state index in [-0.39, 0.29) is 10.3 Å². The van der Waals surface area contributed by atoms with E-state index >= 15 is 0 Å². The molecule has 21 heavy (non-hydrogen) atoms. The van der Waals surface area contributed by atoms with Crippen molar-refractivity contribution in [1.82, 2.24) is 4.72 Å². The molecule has 1 atom stereocenters. The van der Waals surface area contributed by atoms with Gasteiger partial charge in [0, 0.05) is 12.6 Å². The van der Waals surface area contributed by atoms with Gasteiger partial charge in [0.25, 0.3) is 0 Å². The lowest BCUT2D eigenvalue weighted by Gasteiger charge is -2.08. The van der Waals surface area contributed by atoms with E-state index in [1.54, 1.807) is 12.1 Å². The van der Waals surface area contributed by atoms with Crippen molar-refractivity contribution in [2.75, 3.05) is 6.54 Å². The Balaban J connectivity index is 2.09. The second-order valence-electron chi connectivity index (χ2n) is 5.99. The second-order valence-corrected chi connectivity index (χ2v) is 7.75. The molecule has 0 bridgehead atoms. The van der Waals surface area contributed by atoms with Gasteiger partial charge in [-0.2, -0.15) is 0 Å². The van der Waals surface area contributed by atoms with E-state index < -0.39 is 16.0 Å². The maximum absolute atomic E-state index is 12.2. The van der Waals surface area contributed by atoms with E-state index in [1.807, 2.05) is 0 Å². The number of carboxylic acid groups (broad SMARTS) is 1. The summed E-state index contributed by atoms with van der Waals surface area (Å²) < 4.78 is 27.0. The lowest BCUT2D eigenvalue weighted by molar-refractivity contribution is -0.131. The standard InChI is InChI=1S/C15H19NO4S/c1-15(2)9-12(15)10-16-21(19,20)13-5-3-4-11(8-13)6-7-14(17)18/h3-8,12,16H,9-10H2,1-2H3,(H,17,18)/b7-6+. The van der Waals surface area contributed by atoms with Crippen molar-refractivity contribution >= 4 is 22.1 Å². The fourth-order valence-electron chi connectivity index (χ4n) is 2.17. The van der Waals surface area contributed by atoms with Gasteiger partial charge in [-0.05, 0) is 41.5 Å². The first-order valence-corrected chi connectivity index (χ1v) is 8.20. The summed E-state index contributed by atoms with van der Waals surface area (Å²) in [5, 5.41) is 8.59. The number of sulfonamides is 1. The number of carbonyl (C=O) groups is 1. The van der Waals surface area contributed by atoms with Crippen molar-refractivity contribution in [3.63, 3.8) is 0 Å². The number of benzene rings is 1. The molecule has 0 amide bonds. The summed E-state index contributed by atoms with van der Waals surface area (Å²) in [5.41, 5.74) is 0.751. The van der Waals surface area contributed by atoms with Crippen LogP contribution in [0.2, 0.25) is 0 Å². The van der Waals surface area contributed by atoms with E-state index in [4.69, 9.17) is 5.11 Å². The van der Waals surface area contributed by atoms with Crippen LogP contribution in [0.15, 0.2) is 35.2 Å². The maximum atomic E-state index is 12.2. The predicted octanol–water partition coefficient (Wildman–Crippen LogP) is 2.11. The summed E-state index contributed by atoms with van der Waals surface area (Å²) in [4.78, 5) is 10.6. The molecule has 0 spiro atoms. The topological polar surface area (TPSA) is 83.5 Å². The molecule has 1 aliphatic rings. The van der Waals surface area contributed by atoms with Crippen molar-refractivity contribution < 1.29 is 18.3 Å². The third kappa shape index (κ3) is 4.15. The van der Waals surface area contributed by atoms with Crippen molar-refractivity contribution in [3.8, 4) is 0 Å². The van der Waals surface area contributed by atoms with Crippen LogP contribution >= 0.6 is 0 Å². The number of carboxylic acids is 1. The van der Waals surface area contributed by atoms with E-state index in [9.17, 15) is 13.2 Å². The van der Waals surface area contributed by atoms with Crippen LogP contribution in [0.1, 0.15) is 25.8 Å². The Bertz CT molecular complexity index is 677. The Labute approximate surface area is 124 Å². The lowest BCUT2D eigenvalue weighted by atomic mass is 10.1. The Kier molecular flexibility index (Phi) is 4.20. The molecule has 114 valence electrons. The summed E-state index contributed by atoms with van der Waals surface area (Å²) in [6, 6.07) is 6.21. The molecule has 2 N–H and O–H groups in total. The average molecular weight is 309 g/mol. The monoisotopic (exact) mass is 309 g/mol. The molecule has 1 saturated carbocycles. The van der Waals surface area contributed by atoms with Gasteiger partial charge in [-0.3, -0.25) is 0 Å². The first-order valence-electron chi connectivity index (χ1n) is 6.71. The van der Waals surface area contributed by atoms with Gasteiger partial charge in [0.15, 0.2) is 0 Å². The zero-order chi connectivity index (χ0) is 15.7. The highest BCUT2D eigenvalue weighted by Gasteiger charge is 2.45. The predicted molar refractivity (Wildman–Crippen MR) is 80.2 cm³/mol. The van der Waals surface area contributed by atoms with Gasteiger partial charge >= 0.3 is 5.97 Å². The minimum absolute atomic E-state index is 0.147. The molecule has 1 aromatic carbocycles. The van der Waals surface area contributed by atoms with Crippen LogP contribution in [0, 0.1) is 11.3 Å². The fraction of sp³-hybridized carbons (Fsp3) is 0.400. The van der Waals surface area contributed by atoms with Gasteiger partial charge in [-0.25, -0.2) is 17.9 Å². The van der Waals surface area contributed by atoms with E-state index in [0.717, 1.165) is 12.5 Å². The smallest absolute Gasteiger partial charge is 0.328 e. The van der Waals surface area contributed by atoms with E-state index in [1.165, 1.54) is 18.2 Å². The van der Waals surface area contributed by atoms with Gasteiger partial charge < -0.3 is 5.11 Å². The molecule has 2 rings (SSSR count). The molecule has 1 aliphatic carbocycles. The molecule has 5 nitrogen and oxygen atoms in total. The molecular weight excluding hydrogens is 290 g/mol. The normalized spacial score (nSPS) is 20.6. The van der Waals surface area contributed by atoms with Crippen LogP contribution in [0.25, 0.3) is 6.08 Å². The highest BCUT2D eigenvalue weighted by molar-refractivity contribution is 7.89. The van der Waals surface area contributed by atoms with Gasteiger partial charge in [0.1, 0.15) is 0 Å². The molecule has 1 fully saturated rings. The van der Waals surface area contributed by atoms with Crippen molar-refractivity contribution in [2.24, 2.45) is 11.3 Å². The highest BCUT2D eigenvalue weighted by Crippen LogP contribution is 2.51. The summed E-state index contributed by atoms with van der Waals surface area (Å²) >= 11 is 0. The number of hydrogen-bond acceptors (Lipinski definition) is 3. The quantitative estimate of drug-likeness (QED) is 0.788. The first kappa shape index (κ1) is 15.7. The Hall–Kier alpha value is -1.66. The minimum Gasteiger partial charge on any atom is -0.478 e. The molecule has 0 aliphatic heterocycles. The van der Waals surface area contributed by atoms with Crippen LogP contribution in [0.4, 0.5) is 0 Å². The number of rotatable bonds is 6. The largest absolute Gasteiger partial charge is 0.478 e. The van der Waals surface area contributed by atoms with Crippen LogP contribution in [0.3, 0.4) is 0 Å². The zero-order valence-electron chi connectivity index (χ0n) is 12.0. The molecular formula is C15H19NO4S. The van der Waals surface area contributed by atoms with Crippen molar-refractivity contribution in [3.05, 3.63) is 35.9 Å². The number of nitrogens with one attached hydrogen (secondary N) is 1. The van der Waals surface area contributed by atoms with Crippen molar-refractivity contribution in [1.29, 1.82) is 0 Å². The Morgan fingerprint density at radius 1 is 1.48 bits per heavy atom. The third-order valence-corrected chi connectivity index (χ3v) is 5.25. The van der Waals surface area contributed by atoms with Gasteiger partial charge in [0.05, 0.1) is 4.90 Å². The minimum atomic E-state index is -3.56. The van der Waals surface area contributed by atoms with Gasteiger partial charge in [-0.1, -0.05) is 26.0 Å². The Morgan fingerprint density at radius 2 is 2.14 bits per heavy atom. The molecule has 0 saturated heterocycles. The molecule has 6 heteroatoms. The average Bonchev–Trinajstić information content (AvgIpc) is 3.02.